The van der Waals surface area contributed by atoms with E-state index in [9.17, 15) is 13.2 Å². The highest BCUT2D eigenvalue weighted by atomic mass is 32.2. The summed E-state index contributed by atoms with van der Waals surface area (Å²) in [6.07, 6.45) is 1.22. The third-order valence-corrected chi connectivity index (χ3v) is 5.66. The average Bonchev–Trinajstić information content (AvgIpc) is 2.83. The number of benzene rings is 1. The molecule has 2 amide bonds. The maximum atomic E-state index is 12.5. The zero-order valence-electron chi connectivity index (χ0n) is 13.3. The molecular weight excluding hydrogens is 318 g/mol. The SMILES string of the molecule is COc1ccc(CN2CC3CN(S(C)(=O)=O)CCN3C2=O)cc1. The molecule has 2 aliphatic heterocycles. The van der Waals surface area contributed by atoms with Gasteiger partial charge in [0, 0.05) is 32.7 Å². The zero-order valence-corrected chi connectivity index (χ0v) is 14.1. The molecule has 1 unspecified atom stereocenters. The first kappa shape index (κ1) is 16.1. The molecule has 0 aliphatic carbocycles. The van der Waals surface area contributed by atoms with Crippen LogP contribution < -0.4 is 4.74 Å². The molecule has 1 atom stereocenters. The normalized spacial score (nSPS) is 22.3. The van der Waals surface area contributed by atoms with Crippen LogP contribution in [0.2, 0.25) is 0 Å². The van der Waals surface area contributed by atoms with Crippen molar-refractivity contribution in [3.8, 4) is 5.75 Å². The van der Waals surface area contributed by atoms with E-state index < -0.39 is 10.0 Å². The van der Waals surface area contributed by atoms with E-state index in [1.807, 2.05) is 24.3 Å². The Labute approximate surface area is 136 Å². The summed E-state index contributed by atoms with van der Waals surface area (Å²) >= 11 is 0. The van der Waals surface area contributed by atoms with Gasteiger partial charge in [0.25, 0.3) is 0 Å². The second kappa shape index (κ2) is 6.01. The molecule has 3 rings (SSSR count). The van der Waals surface area contributed by atoms with Crippen molar-refractivity contribution in [2.45, 2.75) is 12.6 Å². The molecule has 8 heteroatoms. The predicted octanol–water partition coefficient (Wildman–Crippen LogP) is 0.577. The number of methoxy groups -OCH3 is 1. The van der Waals surface area contributed by atoms with Gasteiger partial charge in [-0.1, -0.05) is 12.1 Å². The lowest BCUT2D eigenvalue weighted by Gasteiger charge is -2.34. The first-order valence-corrected chi connectivity index (χ1v) is 9.37. The van der Waals surface area contributed by atoms with Crippen LogP contribution in [-0.4, -0.2) is 74.1 Å². The van der Waals surface area contributed by atoms with Gasteiger partial charge in [-0.05, 0) is 17.7 Å². The maximum absolute atomic E-state index is 12.5. The summed E-state index contributed by atoms with van der Waals surface area (Å²) in [6.45, 7) is 2.28. The molecule has 0 spiro atoms. The predicted molar refractivity (Wildman–Crippen MR) is 85.7 cm³/mol. The van der Waals surface area contributed by atoms with Crippen LogP contribution in [0.3, 0.4) is 0 Å². The minimum absolute atomic E-state index is 0.0148. The number of fused-ring (bicyclic) bond motifs is 1. The van der Waals surface area contributed by atoms with Crippen molar-refractivity contribution < 1.29 is 17.9 Å². The quantitative estimate of drug-likeness (QED) is 0.804. The summed E-state index contributed by atoms with van der Waals surface area (Å²) < 4.78 is 30.0. The van der Waals surface area contributed by atoms with Crippen molar-refractivity contribution in [1.82, 2.24) is 14.1 Å². The summed E-state index contributed by atoms with van der Waals surface area (Å²) in [6, 6.07) is 7.53. The van der Waals surface area contributed by atoms with E-state index in [4.69, 9.17) is 4.74 Å². The van der Waals surface area contributed by atoms with Gasteiger partial charge in [-0.15, -0.1) is 0 Å². The Bertz CT molecular complexity index is 689. The number of sulfonamides is 1. The zero-order chi connectivity index (χ0) is 16.6. The van der Waals surface area contributed by atoms with Gasteiger partial charge in [0.2, 0.25) is 10.0 Å². The topological polar surface area (TPSA) is 70.2 Å². The van der Waals surface area contributed by atoms with Crippen molar-refractivity contribution in [2.24, 2.45) is 0 Å². The maximum Gasteiger partial charge on any atom is 0.320 e. The van der Waals surface area contributed by atoms with Crippen LogP contribution >= 0.6 is 0 Å². The largest absolute Gasteiger partial charge is 0.497 e. The summed E-state index contributed by atoms with van der Waals surface area (Å²) in [4.78, 5) is 16.0. The fourth-order valence-corrected chi connectivity index (χ4v) is 3.99. The van der Waals surface area contributed by atoms with E-state index in [1.165, 1.54) is 10.6 Å². The van der Waals surface area contributed by atoms with Gasteiger partial charge in [-0.3, -0.25) is 0 Å². The molecule has 1 aromatic rings. The van der Waals surface area contributed by atoms with Gasteiger partial charge in [-0.25, -0.2) is 13.2 Å². The number of urea groups is 1. The highest BCUT2D eigenvalue weighted by Crippen LogP contribution is 2.24. The van der Waals surface area contributed by atoms with Crippen molar-refractivity contribution in [3.05, 3.63) is 29.8 Å². The highest BCUT2D eigenvalue weighted by Gasteiger charge is 2.42. The van der Waals surface area contributed by atoms with Gasteiger partial charge in [0.1, 0.15) is 5.75 Å². The van der Waals surface area contributed by atoms with E-state index in [-0.39, 0.29) is 12.1 Å². The second-order valence-electron chi connectivity index (χ2n) is 5.98. The Morgan fingerprint density at radius 1 is 1.17 bits per heavy atom. The van der Waals surface area contributed by atoms with Crippen LogP contribution in [0.15, 0.2) is 24.3 Å². The molecule has 2 fully saturated rings. The van der Waals surface area contributed by atoms with Gasteiger partial charge < -0.3 is 14.5 Å². The fraction of sp³-hybridized carbons (Fsp3) is 0.533. The fourth-order valence-electron chi connectivity index (χ4n) is 3.13. The molecule has 0 saturated carbocycles. The third-order valence-electron chi connectivity index (χ3n) is 4.39. The van der Waals surface area contributed by atoms with Crippen molar-refractivity contribution in [3.63, 3.8) is 0 Å². The van der Waals surface area contributed by atoms with E-state index in [2.05, 4.69) is 0 Å². The van der Waals surface area contributed by atoms with E-state index in [0.717, 1.165) is 11.3 Å². The minimum atomic E-state index is -3.20. The van der Waals surface area contributed by atoms with Crippen molar-refractivity contribution >= 4 is 16.1 Å². The summed E-state index contributed by atoms with van der Waals surface area (Å²) in [7, 11) is -1.59. The monoisotopic (exact) mass is 339 g/mol. The molecule has 0 radical (unpaired) electrons. The van der Waals surface area contributed by atoms with Crippen LogP contribution in [0.5, 0.6) is 5.75 Å². The Balaban J connectivity index is 1.68. The molecule has 2 heterocycles. The van der Waals surface area contributed by atoms with Gasteiger partial charge in [0.15, 0.2) is 0 Å². The number of amides is 2. The van der Waals surface area contributed by atoms with Crippen LogP contribution in [0.1, 0.15) is 5.56 Å². The summed E-state index contributed by atoms with van der Waals surface area (Å²) in [5.74, 6) is 0.780. The molecule has 23 heavy (non-hydrogen) atoms. The Morgan fingerprint density at radius 2 is 1.87 bits per heavy atom. The van der Waals surface area contributed by atoms with E-state index in [1.54, 1.807) is 16.9 Å². The first-order valence-electron chi connectivity index (χ1n) is 7.52. The minimum Gasteiger partial charge on any atom is -0.497 e. The smallest absolute Gasteiger partial charge is 0.320 e. The molecule has 7 nitrogen and oxygen atoms in total. The molecule has 2 aliphatic rings. The Morgan fingerprint density at radius 3 is 2.48 bits per heavy atom. The second-order valence-corrected chi connectivity index (χ2v) is 7.96. The van der Waals surface area contributed by atoms with Crippen molar-refractivity contribution in [1.29, 1.82) is 0 Å². The highest BCUT2D eigenvalue weighted by molar-refractivity contribution is 7.88. The standard InChI is InChI=1S/C15H21N3O4S/c1-22-14-5-3-12(4-6-14)9-16-10-13-11-17(23(2,20)21)7-8-18(13)15(16)19/h3-6,13H,7-11H2,1-2H3. The van der Waals surface area contributed by atoms with E-state index in [0.29, 0.717) is 32.7 Å². The number of nitrogens with zero attached hydrogens (tertiary/aromatic N) is 3. The van der Waals surface area contributed by atoms with Gasteiger partial charge in [0.05, 0.1) is 19.4 Å². The molecule has 2 saturated heterocycles. The number of piperazine rings is 1. The van der Waals surface area contributed by atoms with Gasteiger partial charge in [-0.2, -0.15) is 4.31 Å². The molecular formula is C15H21N3O4S. The van der Waals surface area contributed by atoms with Crippen LogP contribution in [0, 0.1) is 0 Å². The summed E-state index contributed by atoms with van der Waals surface area (Å²) in [5, 5.41) is 0. The Kier molecular flexibility index (Phi) is 4.20. The first-order chi connectivity index (χ1) is 10.9. The van der Waals surface area contributed by atoms with Crippen molar-refractivity contribution in [2.75, 3.05) is 39.5 Å². The van der Waals surface area contributed by atoms with E-state index >= 15 is 0 Å². The lowest BCUT2D eigenvalue weighted by Crippen LogP contribution is -2.53. The Hall–Kier alpha value is -1.80. The molecule has 1 aromatic carbocycles. The van der Waals surface area contributed by atoms with Crippen LogP contribution in [-0.2, 0) is 16.6 Å². The van der Waals surface area contributed by atoms with Gasteiger partial charge >= 0.3 is 6.03 Å². The lowest BCUT2D eigenvalue weighted by molar-refractivity contribution is 0.159. The molecule has 0 bridgehead atoms. The number of rotatable bonds is 4. The number of carbonyl (C=O) groups excluding carboxylic acids is 1. The van der Waals surface area contributed by atoms with Crippen LogP contribution in [0.4, 0.5) is 4.79 Å². The number of hydrogen-bond donors (Lipinski definition) is 0. The lowest BCUT2D eigenvalue weighted by atomic mass is 10.2. The average molecular weight is 339 g/mol. The van der Waals surface area contributed by atoms with Crippen LogP contribution in [0.25, 0.3) is 0 Å². The third kappa shape index (κ3) is 3.28. The molecule has 0 N–H and O–H groups in total. The summed E-state index contributed by atoms with van der Waals surface area (Å²) in [5.41, 5.74) is 1.03. The molecule has 126 valence electrons. The molecule has 0 aromatic heterocycles. The number of carbonyl (C=O) groups is 1. The number of ether oxygens (including phenoxy) is 1. The number of hydrogen-bond acceptors (Lipinski definition) is 4.